The summed E-state index contributed by atoms with van der Waals surface area (Å²) in [5.74, 6) is 0.735. The van der Waals surface area contributed by atoms with Gasteiger partial charge in [-0.15, -0.1) is 0 Å². The van der Waals surface area contributed by atoms with E-state index in [9.17, 15) is 9.59 Å². The number of alkyl carbamates (subject to hydrolysis) is 1. The molecule has 0 bridgehead atoms. The number of nitrogens with one attached hydrogen (secondary N) is 1. The highest BCUT2D eigenvalue weighted by atomic mass is 16.6. The van der Waals surface area contributed by atoms with E-state index in [1.807, 2.05) is 30.3 Å². The van der Waals surface area contributed by atoms with E-state index in [2.05, 4.69) is 5.32 Å². The van der Waals surface area contributed by atoms with Gasteiger partial charge < -0.3 is 29.0 Å². The monoisotopic (exact) mass is 413 g/mol. The van der Waals surface area contributed by atoms with Crippen LogP contribution < -0.4 is 19.5 Å². The van der Waals surface area contributed by atoms with Crippen molar-refractivity contribution in [3.05, 3.63) is 65.7 Å². The molecule has 2 aromatic rings. The van der Waals surface area contributed by atoms with E-state index >= 15 is 0 Å². The number of amides is 1. The van der Waals surface area contributed by atoms with Crippen LogP contribution in [0.15, 0.2) is 54.6 Å². The van der Waals surface area contributed by atoms with Crippen LogP contribution in [0.25, 0.3) is 0 Å². The summed E-state index contributed by atoms with van der Waals surface area (Å²) in [6, 6.07) is 11.9. The van der Waals surface area contributed by atoms with Crippen LogP contribution in [-0.4, -0.2) is 39.5 Å². The molecule has 1 aliphatic rings. The first-order valence-corrected chi connectivity index (χ1v) is 9.21. The number of ether oxygens (including phenoxy) is 5. The van der Waals surface area contributed by atoms with Crippen molar-refractivity contribution in [1.82, 2.24) is 5.32 Å². The Balaban J connectivity index is 1.85. The number of carbonyl (C=O) groups is 2. The van der Waals surface area contributed by atoms with Crippen LogP contribution >= 0.6 is 0 Å². The maximum Gasteiger partial charge on any atom is 0.408 e. The van der Waals surface area contributed by atoms with Crippen LogP contribution in [0.1, 0.15) is 17.2 Å². The van der Waals surface area contributed by atoms with Crippen molar-refractivity contribution in [3.8, 4) is 17.2 Å². The summed E-state index contributed by atoms with van der Waals surface area (Å²) in [5, 5.41) is 2.76. The van der Waals surface area contributed by atoms with E-state index < -0.39 is 24.2 Å². The zero-order valence-electron chi connectivity index (χ0n) is 16.9. The first-order valence-electron chi connectivity index (χ1n) is 9.21. The minimum atomic E-state index is -0.732. The summed E-state index contributed by atoms with van der Waals surface area (Å²) in [4.78, 5) is 24.1. The predicted octanol–water partition coefficient (Wildman–Crippen LogP) is 3.16. The normalized spacial score (nSPS) is 15.8. The maximum atomic E-state index is 12.5. The molecule has 8 nitrogen and oxygen atoms in total. The fourth-order valence-corrected chi connectivity index (χ4v) is 3.09. The molecule has 0 saturated carbocycles. The van der Waals surface area contributed by atoms with Crippen molar-refractivity contribution >= 4 is 12.1 Å². The fraction of sp³-hybridized carbons (Fsp3) is 0.273. The van der Waals surface area contributed by atoms with Gasteiger partial charge in [0.1, 0.15) is 12.7 Å². The lowest BCUT2D eigenvalue weighted by atomic mass is 10.00. The summed E-state index contributed by atoms with van der Waals surface area (Å²) in [7, 11) is 4.48. The van der Waals surface area contributed by atoms with E-state index in [1.54, 1.807) is 18.2 Å². The van der Waals surface area contributed by atoms with Crippen LogP contribution in [0.2, 0.25) is 0 Å². The number of methoxy groups -OCH3 is 3. The Bertz CT molecular complexity index is 901. The molecular weight excluding hydrogens is 390 g/mol. The molecule has 1 amide bonds. The van der Waals surface area contributed by atoms with Gasteiger partial charge in [-0.25, -0.2) is 9.59 Å². The first kappa shape index (κ1) is 21.0. The molecule has 2 unspecified atom stereocenters. The molecule has 0 fully saturated rings. The number of esters is 1. The Hall–Kier alpha value is -3.68. The lowest BCUT2D eigenvalue weighted by molar-refractivity contribution is -0.139. The average Bonchev–Trinajstić information content (AvgIpc) is 3.21. The molecule has 0 radical (unpaired) electrons. The van der Waals surface area contributed by atoms with Crippen molar-refractivity contribution < 1.29 is 33.3 Å². The lowest BCUT2D eigenvalue weighted by Crippen LogP contribution is -2.36. The van der Waals surface area contributed by atoms with Gasteiger partial charge in [0.15, 0.2) is 11.5 Å². The molecule has 0 aromatic heterocycles. The zero-order valence-corrected chi connectivity index (χ0v) is 16.9. The van der Waals surface area contributed by atoms with Gasteiger partial charge >= 0.3 is 12.1 Å². The molecule has 1 N–H and O–H groups in total. The van der Waals surface area contributed by atoms with Crippen molar-refractivity contribution in [2.75, 3.05) is 21.3 Å². The molecule has 2 atom stereocenters. The third-order valence-electron chi connectivity index (χ3n) is 4.54. The van der Waals surface area contributed by atoms with Gasteiger partial charge in [0, 0.05) is 6.08 Å². The number of carbonyl (C=O) groups excluding carboxylic acids is 2. The Morgan fingerprint density at radius 1 is 1.07 bits per heavy atom. The zero-order chi connectivity index (χ0) is 21.5. The number of hydrogen-bond donors (Lipinski definition) is 1. The highest BCUT2D eigenvalue weighted by molar-refractivity contribution is 5.84. The van der Waals surface area contributed by atoms with E-state index in [0.717, 1.165) is 5.56 Å². The van der Waals surface area contributed by atoms with Crippen LogP contribution in [-0.2, 0) is 20.9 Å². The van der Waals surface area contributed by atoms with Gasteiger partial charge in [-0.1, -0.05) is 30.3 Å². The maximum absolute atomic E-state index is 12.5. The minimum Gasteiger partial charge on any atom is -0.493 e. The summed E-state index contributed by atoms with van der Waals surface area (Å²) < 4.78 is 26.8. The summed E-state index contributed by atoms with van der Waals surface area (Å²) in [5.41, 5.74) is 1.44. The van der Waals surface area contributed by atoms with Gasteiger partial charge in [-0.05, 0) is 29.3 Å². The van der Waals surface area contributed by atoms with Crippen LogP contribution in [0.5, 0.6) is 17.2 Å². The summed E-state index contributed by atoms with van der Waals surface area (Å²) in [6.07, 6.45) is 1.51. The van der Waals surface area contributed by atoms with Gasteiger partial charge in [-0.2, -0.15) is 0 Å². The van der Waals surface area contributed by atoms with Gasteiger partial charge in [0.05, 0.1) is 27.4 Å². The number of hydrogen-bond acceptors (Lipinski definition) is 7. The highest BCUT2D eigenvalue weighted by Crippen LogP contribution is 2.40. The summed E-state index contributed by atoms with van der Waals surface area (Å²) in [6.45, 7) is 0.106. The van der Waals surface area contributed by atoms with Crippen LogP contribution in [0.3, 0.4) is 0 Å². The Labute approximate surface area is 174 Å². The Morgan fingerprint density at radius 2 is 1.73 bits per heavy atom. The van der Waals surface area contributed by atoms with E-state index in [4.69, 9.17) is 23.7 Å². The molecule has 2 aromatic carbocycles. The molecule has 0 aliphatic carbocycles. The second-order valence-electron chi connectivity index (χ2n) is 6.40. The smallest absolute Gasteiger partial charge is 0.408 e. The molecule has 158 valence electrons. The Kier molecular flexibility index (Phi) is 6.79. The topological polar surface area (TPSA) is 92.3 Å². The van der Waals surface area contributed by atoms with Crippen LogP contribution in [0.4, 0.5) is 4.79 Å². The van der Waals surface area contributed by atoms with Gasteiger partial charge in [0.25, 0.3) is 0 Å². The fourth-order valence-electron chi connectivity index (χ4n) is 3.09. The molecule has 8 heteroatoms. The van der Waals surface area contributed by atoms with Crippen molar-refractivity contribution in [2.24, 2.45) is 0 Å². The lowest BCUT2D eigenvalue weighted by Gasteiger charge is -2.25. The van der Waals surface area contributed by atoms with Crippen molar-refractivity contribution in [1.29, 1.82) is 0 Å². The van der Waals surface area contributed by atoms with Gasteiger partial charge in [0.2, 0.25) is 5.75 Å². The third-order valence-corrected chi connectivity index (χ3v) is 4.54. The highest BCUT2D eigenvalue weighted by Gasteiger charge is 2.31. The average molecular weight is 413 g/mol. The molecule has 3 rings (SSSR count). The van der Waals surface area contributed by atoms with Crippen LogP contribution in [0, 0.1) is 0 Å². The van der Waals surface area contributed by atoms with Gasteiger partial charge in [-0.3, -0.25) is 0 Å². The third kappa shape index (κ3) is 4.83. The first-order chi connectivity index (χ1) is 14.5. The quantitative estimate of drug-likeness (QED) is 0.665. The predicted molar refractivity (Wildman–Crippen MR) is 108 cm³/mol. The second kappa shape index (κ2) is 9.69. The van der Waals surface area contributed by atoms with Crippen molar-refractivity contribution in [2.45, 2.75) is 18.8 Å². The Morgan fingerprint density at radius 3 is 2.27 bits per heavy atom. The van der Waals surface area contributed by atoms with E-state index in [0.29, 0.717) is 22.8 Å². The number of cyclic esters (lactones) is 1. The molecule has 0 spiro atoms. The molecule has 1 heterocycles. The minimum absolute atomic E-state index is 0.106. The molecular formula is C22H23NO7. The van der Waals surface area contributed by atoms with E-state index in [-0.39, 0.29) is 6.61 Å². The molecule has 30 heavy (non-hydrogen) atoms. The number of benzene rings is 2. The second-order valence-corrected chi connectivity index (χ2v) is 6.40. The largest absolute Gasteiger partial charge is 0.493 e. The standard InChI is InChI=1S/C22H23NO7/c1-26-17-11-15(12-18(27-2)21(17)28-3)20(16-9-10-19(24)30-16)23-22(25)29-13-14-7-5-4-6-8-14/h4-12,16,20H,13H2,1-3H3,(H,23,25). The summed E-state index contributed by atoms with van der Waals surface area (Å²) >= 11 is 0. The number of rotatable bonds is 8. The van der Waals surface area contributed by atoms with E-state index in [1.165, 1.54) is 27.4 Å². The molecule has 1 aliphatic heterocycles. The SMILES string of the molecule is COc1cc(C(NC(=O)OCc2ccccc2)C2C=CC(=O)O2)cc(OC)c1OC. The molecule has 0 saturated heterocycles. The van der Waals surface area contributed by atoms with Crippen molar-refractivity contribution in [3.63, 3.8) is 0 Å².